The fourth-order valence-electron chi connectivity index (χ4n) is 6.59. The van der Waals surface area contributed by atoms with Crippen molar-refractivity contribution >= 4 is 11.7 Å². The summed E-state index contributed by atoms with van der Waals surface area (Å²) < 4.78 is 0. The van der Waals surface area contributed by atoms with E-state index in [2.05, 4.69) is 42.4 Å². The standard InChI is InChI=1S/C24H33N3O2/c1-16-4-3-5-19-18(16)14-21-20-12-17(22(28)15-24(19,20)6-7-25-21)13-23(29)27-10-8-26(2)9-11-27/h3-5,17,20-21,25H,6-15H2,1-2H3. The Morgan fingerprint density at radius 3 is 2.83 bits per heavy atom. The number of rotatable bonds is 2. The lowest BCUT2D eigenvalue weighted by atomic mass is 9.50. The number of piperazine rings is 1. The molecule has 5 nitrogen and oxygen atoms in total. The molecule has 2 bridgehead atoms. The summed E-state index contributed by atoms with van der Waals surface area (Å²) in [4.78, 5) is 30.4. The van der Waals surface area contributed by atoms with E-state index in [1.54, 1.807) is 0 Å². The number of benzene rings is 1. The van der Waals surface area contributed by atoms with E-state index in [0.29, 0.717) is 30.6 Å². The molecule has 2 heterocycles. The lowest BCUT2D eigenvalue weighted by Gasteiger charge is -2.57. The van der Waals surface area contributed by atoms with Gasteiger partial charge in [0.25, 0.3) is 0 Å². The number of ketones is 1. The third kappa shape index (κ3) is 3.14. The fourth-order valence-corrected chi connectivity index (χ4v) is 6.59. The first-order valence-electron chi connectivity index (χ1n) is 11.3. The lowest BCUT2D eigenvalue weighted by molar-refractivity contribution is -0.140. The summed E-state index contributed by atoms with van der Waals surface area (Å²) in [5.74, 6) is 0.860. The molecule has 0 radical (unpaired) electrons. The first-order valence-corrected chi connectivity index (χ1v) is 11.3. The van der Waals surface area contributed by atoms with Gasteiger partial charge in [0.1, 0.15) is 5.78 Å². The van der Waals surface area contributed by atoms with Crippen LogP contribution in [0.15, 0.2) is 18.2 Å². The number of carbonyl (C=O) groups excluding carboxylic acids is 2. The Morgan fingerprint density at radius 1 is 1.24 bits per heavy atom. The van der Waals surface area contributed by atoms with Crippen molar-refractivity contribution in [3.05, 3.63) is 34.9 Å². The maximum atomic E-state index is 13.3. The van der Waals surface area contributed by atoms with Gasteiger partial charge >= 0.3 is 0 Å². The Labute approximate surface area is 173 Å². The van der Waals surface area contributed by atoms with Gasteiger partial charge in [-0.1, -0.05) is 18.2 Å². The molecule has 4 aliphatic rings. The molecular weight excluding hydrogens is 362 g/mol. The van der Waals surface area contributed by atoms with E-state index in [1.165, 1.54) is 16.7 Å². The molecule has 0 aromatic heterocycles. The Balaban J connectivity index is 1.38. The highest BCUT2D eigenvalue weighted by Crippen LogP contribution is 2.54. The maximum Gasteiger partial charge on any atom is 0.223 e. The number of nitrogens with one attached hydrogen (secondary N) is 1. The average Bonchev–Trinajstić information content (AvgIpc) is 2.69. The molecule has 1 amide bonds. The summed E-state index contributed by atoms with van der Waals surface area (Å²) >= 11 is 0. The average molecular weight is 396 g/mol. The van der Waals surface area contributed by atoms with Crippen molar-refractivity contribution in [2.24, 2.45) is 11.8 Å². The number of carbonyl (C=O) groups is 2. The van der Waals surface area contributed by atoms with Crippen LogP contribution in [-0.2, 0) is 21.4 Å². The molecule has 1 aromatic carbocycles. The van der Waals surface area contributed by atoms with Crippen LogP contribution in [0, 0.1) is 18.8 Å². The molecule has 2 saturated heterocycles. The largest absolute Gasteiger partial charge is 0.340 e. The van der Waals surface area contributed by atoms with Crippen LogP contribution < -0.4 is 5.32 Å². The molecule has 4 unspecified atom stereocenters. The molecule has 2 aliphatic carbocycles. The summed E-state index contributed by atoms with van der Waals surface area (Å²) in [5.41, 5.74) is 4.23. The molecule has 2 aliphatic heterocycles. The monoisotopic (exact) mass is 395 g/mol. The fraction of sp³-hybridized carbons (Fsp3) is 0.667. The maximum absolute atomic E-state index is 13.3. The number of aryl methyl sites for hydroxylation is 1. The molecule has 0 spiro atoms. The Morgan fingerprint density at radius 2 is 2.03 bits per heavy atom. The zero-order chi connectivity index (χ0) is 20.2. The van der Waals surface area contributed by atoms with Gasteiger partial charge in [0, 0.05) is 56.4 Å². The number of hydrogen-bond donors (Lipinski definition) is 1. The summed E-state index contributed by atoms with van der Waals surface area (Å²) in [6.45, 7) is 6.64. The third-order valence-corrected chi connectivity index (χ3v) is 8.30. The normalized spacial score (nSPS) is 34.5. The van der Waals surface area contributed by atoms with E-state index in [9.17, 15) is 9.59 Å². The number of fused-ring (bicyclic) bond motifs is 1. The van der Waals surface area contributed by atoms with Gasteiger partial charge in [-0.05, 0) is 62.4 Å². The number of nitrogens with zero attached hydrogens (tertiary/aromatic N) is 2. The summed E-state index contributed by atoms with van der Waals surface area (Å²) in [6.07, 6.45) is 3.98. The van der Waals surface area contributed by atoms with Crippen LogP contribution in [-0.4, -0.2) is 67.3 Å². The minimum atomic E-state index is -0.103. The van der Waals surface area contributed by atoms with Crippen LogP contribution in [0.4, 0.5) is 0 Å². The predicted octanol–water partition coefficient (Wildman–Crippen LogP) is 1.91. The summed E-state index contributed by atoms with van der Waals surface area (Å²) in [6, 6.07) is 7.08. The zero-order valence-corrected chi connectivity index (χ0v) is 17.7. The van der Waals surface area contributed by atoms with E-state index in [-0.39, 0.29) is 17.2 Å². The summed E-state index contributed by atoms with van der Waals surface area (Å²) in [7, 11) is 2.10. The van der Waals surface area contributed by atoms with E-state index in [0.717, 1.165) is 52.0 Å². The number of amides is 1. The van der Waals surface area contributed by atoms with Crippen LogP contribution in [0.25, 0.3) is 0 Å². The zero-order valence-electron chi connectivity index (χ0n) is 17.7. The molecule has 5 heteroatoms. The van der Waals surface area contributed by atoms with Crippen molar-refractivity contribution in [2.75, 3.05) is 39.8 Å². The Bertz CT molecular complexity index is 829. The molecule has 4 atom stereocenters. The molecule has 5 rings (SSSR count). The van der Waals surface area contributed by atoms with Crippen molar-refractivity contribution in [3.8, 4) is 0 Å². The van der Waals surface area contributed by atoms with Crippen LogP contribution in [0.5, 0.6) is 0 Å². The van der Waals surface area contributed by atoms with Crippen molar-refractivity contribution < 1.29 is 9.59 Å². The van der Waals surface area contributed by atoms with Gasteiger partial charge in [-0.3, -0.25) is 9.59 Å². The van der Waals surface area contributed by atoms with Gasteiger partial charge in [0.05, 0.1) is 0 Å². The van der Waals surface area contributed by atoms with Crippen LogP contribution in [0.2, 0.25) is 0 Å². The SMILES string of the molecule is Cc1cccc2c1CC1NCCC23CC(=O)C(CC(=O)N2CCN(C)CC2)CC13. The van der Waals surface area contributed by atoms with Gasteiger partial charge in [-0.15, -0.1) is 0 Å². The van der Waals surface area contributed by atoms with Crippen molar-refractivity contribution in [2.45, 2.75) is 50.5 Å². The van der Waals surface area contributed by atoms with Crippen LogP contribution in [0.1, 0.15) is 42.4 Å². The predicted molar refractivity (Wildman–Crippen MR) is 113 cm³/mol. The number of Topliss-reactive ketones (excluding diaryl/α,β-unsaturated/α-hetero) is 1. The Hall–Kier alpha value is -1.72. The molecule has 29 heavy (non-hydrogen) atoms. The van der Waals surface area contributed by atoms with Crippen molar-refractivity contribution in [1.82, 2.24) is 15.1 Å². The van der Waals surface area contributed by atoms with Gasteiger partial charge in [-0.25, -0.2) is 0 Å². The molecular formula is C24H33N3O2. The van der Waals surface area contributed by atoms with Crippen LogP contribution >= 0.6 is 0 Å². The van der Waals surface area contributed by atoms with Gasteiger partial charge in [0.15, 0.2) is 0 Å². The van der Waals surface area contributed by atoms with E-state index < -0.39 is 0 Å². The number of likely N-dealkylation sites (N-methyl/N-ethyl adjacent to an activating group) is 1. The topological polar surface area (TPSA) is 52.7 Å². The van der Waals surface area contributed by atoms with Gasteiger partial charge in [-0.2, -0.15) is 0 Å². The molecule has 3 fully saturated rings. The third-order valence-electron chi connectivity index (χ3n) is 8.30. The van der Waals surface area contributed by atoms with E-state index >= 15 is 0 Å². The highest BCUT2D eigenvalue weighted by molar-refractivity contribution is 5.89. The number of piperidine rings is 1. The minimum absolute atomic E-state index is 0.0139. The summed E-state index contributed by atoms with van der Waals surface area (Å²) in [5, 5.41) is 3.76. The lowest BCUT2D eigenvalue weighted by Crippen LogP contribution is -2.62. The second-order valence-corrected chi connectivity index (χ2v) is 9.84. The highest BCUT2D eigenvalue weighted by atomic mass is 16.2. The first-order chi connectivity index (χ1) is 14.0. The molecule has 156 valence electrons. The Kier molecular flexibility index (Phi) is 4.78. The molecule has 1 aromatic rings. The smallest absolute Gasteiger partial charge is 0.223 e. The van der Waals surface area contributed by atoms with Crippen molar-refractivity contribution in [3.63, 3.8) is 0 Å². The van der Waals surface area contributed by atoms with Crippen molar-refractivity contribution in [1.29, 1.82) is 0 Å². The van der Waals surface area contributed by atoms with Gasteiger partial charge in [0.2, 0.25) is 5.91 Å². The molecule has 1 N–H and O–H groups in total. The van der Waals surface area contributed by atoms with E-state index in [4.69, 9.17) is 0 Å². The second-order valence-electron chi connectivity index (χ2n) is 9.84. The number of hydrogen-bond acceptors (Lipinski definition) is 4. The van der Waals surface area contributed by atoms with Crippen LogP contribution in [0.3, 0.4) is 0 Å². The quantitative estimate of drug-likeness (QED) is 0.831. The minimum Gasteiger partial charge on any atom is -0.340 e. The molecule has 1 saturated carbocycles. The van der Waals surface area contributed by atoms with Gasteiger partial charge < -0.3 is 15.1 Å². The first kappa shape index (κ1) is 19.3. The second kappa shape index (κ2) is 7.21. The van der Waals surface area contributed by atoms with E-state index in [1.807, 2.05) is 4.90 Å². The highest BCUT2D eigenvalue weighted by Gasteiger charge is 2.55.